The summed E-state index contributed by atoms with van der Waals surface area (Å²) in [6.45, 7) is 6.16. The van der Waals surface area contributed by atoms with Crippen LogP contribution in [0.4, 0.5) is 5.69 Å². The molecule has 1 saturated carbocycles. The van der Waals surface area contributed by atoms with E-state index in [2.05, 4.69) is 10.3 Å². The number of aromatic nitrogens is 2. The van der Waals surface area contributed by atoms with Crippen molar-refractivity contribution in [1.29, 1.82) is 0 Å². The highest BCUT2D eigenvalue weighted by Gasteiger charge is 2.28. The molecule has 0 bridgehead atoms. The highest BCUT2D eigenvalue weighted by atomic mass is 32.2. The lowest BCUT2D eigenvalue weighted by Gasteiger charge is -2.20. The Hall–Kier alpha value is -2.49. The molecule has 0 atom stereocenters. The van der Waals surface area contributed by atoms with Gasteiger partial charge in [-0.15, -0.1) is 0 Å². The average molecular weight is 485 g/mol. The fourth-order valence-electron chi connectivity index (χ4n) is 3.69. The van der Waals surface area contributed by atoms with Crippen molar-refractivity contribution in [2.45, 2.75) is 49.5 Å². The van der Waals surface area contributed by atoms with E-state index in [-0.39, 0.29) is 16.6 Å². The van der Waals surface area contributed by atoms with Gasteiger partial charge < -0.3 is 5.32 Å². The minimum atomic E-state index is -3.62. The summed E-state index contributed by atoms with van der Waals surface area (Å²) in [6, 6.07) is 12.8. The third-order valence-electron chi connectivity index (χ3n) is 5.66. The number of hydrogen-bond donors (Lipinski definition) is 1. The van der Waals surface area contributed by atoms with Crippen LogP contribution in [-0.2, 0) is 14.8 Å². The number of benzene rings is 2. The van der Waals surface area contributed by atoms with Gasteiger partial charge >= 0.3 is 0 Å². The quantitative estimate of drug-likeness (QED) is 0.353. The van der Waals surface area contributed by atoms with Crippen LogP contribution >= 0.6 is 11.8 Å². The van der Waals surface area contributed by atoms with Crippen LogP contribution in [0.15, 0.2) is 52.4 Å². The van der Waals surface area contributed by atoms with E-state index in [4.69, 9.17) is 4.98 Å². The Kier molecular flexibility index (Phi) is 7.02. The molecule has 1 aliphatic carbocycles. The third kappa shape index (κ3) is 5.20. The Labute approximate surface area is 199 Å². The summed E-state index contributed by atoms with van der Waals surface area (Å²) in [6.07, 6.45) is 2.21. The smallest absolute Gasteiger partial charge is 0.243 e. The number of para-hydroxylation sites is 1. The van der Waals surface area contributed by atoms with Gasteiger partial charge in [-0.2, -0.15) is 4.31 Å². The van der Waals surface area contributed by atoms with Crippen LogP contribution in [0.2, 0.25) is 0 Å². The second-order valence-electron chi connectivity index (χ2n) is 8.08. The van der Waals surface area contributed by atoms with Crippen molar-refractivity contribution >= 4 is 44.3 Å². The highest BCUT2D eigenvalue weighted by Crippen LogP contribution is 2.39. The maximum Gasteiger partial charge on any atom is 0.243 e. The van der Waals surface area contributed by atoms with Crippen LogP contribution < -0.4 is 5.32 Å². The fraction of sp³-hybridized carbons (Fsp3) is 0.375. The Morgan fingerprint density at radius 3 is 2.55 bits per heavy atom. The molecule has 1 amide bonds. The Bertz CT molecular complexity index is 1290. The molecule has 0 spiro atoms. The molecule has 0 aliphatic heterocycles. The van der Waals surface area contributed by atoms with Gasteiger partial charge in [-0.1, -0.05) is 49.9 Å². The predicted molar refractivity (Wildman–Crippen MR) is 132 cm³/mol. The summed E-state index contributed by atoms with van der Waals surface area (Å²) < 4.78 is 27.4. The van der Waals surface area contributed by atoms with E-state index in [1.165, 1.54) is 22.1 Å². The zero-order valence-corrected chi connectivity index (χ0v) is 20.7. The van der Waals surface area contributed by atoms with Crippen LogP contribution in [0.3, 0.4) is 0 Å². The number of rotatable bonds is 9. The first-order valence-electron chi connectivity index (χ1n) is 11.1. The van der Waals surface area contributed by atoms with Crippen molar-refractivity contribution in [2.24, 2.45) is 0 Å². The minimum Gasteiger partial charge on any atom is -0.325 e. The number of nitrogens with zero attached hydrogens (tertiary/aromatic N) is 3. The summed E-state index contributed by atoms with van der Waals surface area (Å²) in [5, 5.41) is 4.57. The molecule has 4 rings (SSSR count). The van der Waals surface area contributed by atoms with E-state index in [0.29, 0.717) is 30.3 Å². The van der Waals surface area contributed by atoms with Crippen molar-refractivity contribution in [3.05, 3.63) is 53.9 Å². The summed E-state index contributed by atoms with van der Waals surface area (Å²) >= 11 is 1.37. The zero-order chi connectivity index (χ0) is 23.6. The SMILES string of the molecule is CCN(CC)S(=O)(=O)c1cc(NC(=O)CSc2nc(C3CC3)nc3ccccc23)ccc1C. The number of carbonyl (C=O) groups is 1. The standard InChI is InChI=1S/C24H28N4O3S2/c1-4-28(5-2)33(30,31)21-14-18(13-10-16(21)3)25-22(29)15-32-24-19-8-6-7-9-20(19)26-23(27-24)17-11-12-17/h6-10,13-14,17H,4-5,11-12,15H2,1-3H3,(H,25,29). The summed E-state index contributed by atoms with van der Waals surface area (Å²) in [7, 11) is -3.62. The number of carbonyl (C=O) groups excluding carboxylic acids is 1. The van der Waals surface area contributed by atoms with E-state index in [1.807, 2.05) is 38.1 Å². The molecule has 0 saturated heterocycles. The van der Waals surface area contributed by atoms with E-state index in [9.17, 15) is 13.2 Å². The lowest BCUT2D eigenvalue weighted by atomic mass is 10.2. The van der Waals surface area contributed by atoms with Gasteiger partial charge in [0, 0.05) is 30.1 Å². The molecule has 1 N–H and O–H groups in total. The van der Waals surface area contributed by atoms with Crippen molar-refractivity contribution in [3.8, 4) is 0 Å². The Balaban J connectivity index is 1.50. The lowest BCUT2D eigenvalue weighted by molar-refractivity contribution is -0.113. The van der Waals surface area contributed by atoms with Gasteiger partial charge in [0.2, 0.25) is 15.9 Å². The number of amides is 1. The van der Waals surface area contributed by atoms with E-state index >= 15 is 0 Å². The maximum absolute atomic E-state index is 13.0. The molecule has 9 heteroatoms. The fourth-order valence-corrected chi connectivity index (χ4v) is 6.22. The van der Waals surface area contributed by atoms with Gasteiger partial charge in [0.15, 0.2) is 0 Å². The maximum atomic E-state index is 13.0. The predicted octanol–water partition coefficient (Wildman–Crippen LogP) is 4.58. The van der Waals surface area contributed by atoms with Gasteiger partial charge in [0.05, 0.1) is 16.2 Å². The molecule has 174 valence electrons. The topological polar surface area (TPSA) is 92.3 Å². The zero-order valence-electron chi connectivity index (χ0n) is 19.0. The van der Waals surface area contributed by atoms with Crippen LogP contribution in [0.25, 0.3) is 10.9 Å². The van der Waals surface area contributed by atoms with Crippen molar-refractivity contribution < 1.29 is 13.2 Å². The largest absolute Gasteiger partial charge is 0.325 e. The molecule has 0 radical (unpaired) electrons. The molecule has 3 aromatic rings. The highest BCUT2D eigenvalue weighted by molar-refractivity contribution is 8.00. The van der Waals surface area contributed by atoms with Gasteiger partial charge in [0.1, 0.15) is 10.9 Å². The number of sulfonamides is 1. The first-order valence-corrected chi connectivity index (χ1v) is 13.6. The van der Waals surface area contributed by atoms with Gasteiger partial charge in [-0.05, 0) is 43.5 Å². The molecular weight excluding hydrogens is 456 g/mol. The average Bonchev–Trinajstić information content (AvgIpc) is 3.64. The number of fused-ring (bicyclic) bond motifs is 1. The molecule has 1 heterocycles. The van der Waals surface area contributed by atoms with Crippen LogP contribution in [0.5, 0.6) is 0 Å². The van der Waals surface area contributed by atoms with Crippen molar-refractivity contribution in [2.75, 3.05) is 24.2 Å². The number of anilines is 1. The van der Waals surface area contributed by atoms with Gasteiger partial charge in [0.25, 0.3) is 0 Å². The first-order chi connectivity index (χ1) is 15.8. The van der Waals surface area contributed by atoms with Crippen LogP contribution in [0, 0.1) is 6.92 Å². The van der Waals surface area contributed by atoms with Gasteiger partial charge in [-0.25, -0.2) is 18.4 Å². The van der Waals surface area contributed by atoms with E-state index < -0.39 is 10.0 Å². The van der Waals surface area contributed by atoms with Crippen LogP contribution in [0.1, 0.15) is 44.0 Å². The number of thioether (sulfide) groups is 1. The number of aryl methyl sites for hydroxylation is 1. The van der Waals surface area contributed by atoms with Crippen molar-refractivity contribution in [3.63, 3.8) is 0 Å². The summed E-state index contributed by atoms with van der Waals surface area (Å²) in [4.78, 5) is 22.3. The molecular formula is C24H28N4O3S2. The molecule has 7 nitrogen and oxygen atoms in total. The molecule has 33 heavy (non-hydrogen) atoms. The lowest BCUT2D eigenvalue weighted by Crippen LogP contribution is -2.31. The van der Waals surface area contributed by atoms with Crippen molar-refractivity contribution in [1.82, 2.24) is 14.3 Å². The first kappa shape index (κ1) is 23.7. The number of hydrogen-bond acceptors (Lipinski definition) is 6. The molecule has 1 aromatic heterocycles. The molecule has 1 aliphatic rings. The molecule has 2 aromatic carbocycles. The van der Waals surface area contributed by atoms with Gasteiger partial charge in [-0.3, -0.25) is 4.79 Å². The Morgan fingerprint density at radius 1 is 1.12 bits per heavy atom. The van der Waals surface area contributed by atoms with E-state index in [1.54, 1.807) is 19.1 Å². The summed E-state index contributed by atoms with van der Waals surface area (Å²) in [5.41, 5.74) is 2.00. The van der Waals surface area contributed by atoms with E-state index in [0.717, 1.165) is 34.6 Å². The monoisotopic (exact) mass is 484 g/mol. The number of nitrogens with one attached hydrogen (secondary N) is 1. The second-order valence-corrected chi connectivity index (χ2v) is 11.0. The Morgan fingerprint density at radius 2 is 1.85 bits per heavy atom. The second kappa shape index (κ2) is 9.79. The molecule has 1 fully saturated rings. The summed E-state index contributed by atoms with van der Waals surface area (Å²) in [5.74, 6) is 1.21. The third-order valence-corrected chi connectivity index (χ3v) is 8.85. The van der Waals surface area contributed by atoms with Crippen LogP contribution in [-0.4, -0.2) is 47.4 Å². The normalized spacial score (nSPS) is 14.1. The molecule has 0 unspecified atom stereocenters. The minimum absolute atomic E-state index is 0.164.